The van der Waals surface area contributed by atoms with E-state index in [1.54, 1.807) is 12.1 Å². The van der Waals surface area contributed by atoms with Gasteiger partial charge in [-0.25, -0.2) is 8.42 Å². The summed E-state index contributed by atoms with van der Waals surface area (Å²) in [6.07, 6.45) is 0. The first-order valence-electron chi connectivity index (χ1n) is 7.87. The van der Waals surface area contributed by atoms with Gasteiger partial charge >= 0.3 is 0 Å². The standard InChI is InChI=1S/C19H23NO4S/c1-13(21)14-6-9-16(10-7-14)25(22,23)20-17-12-15(19(2,3)4)8-11-18(17)24-5/h6-12,20H,1-5H3. The Hall–Kier alpha value is -2.34. The summed E-state index contributed by atoms with van der Waals surface area (Å²) >= 11 is 0. The summed E-state index contributed by atoms with van der Waals surface area (Å²) in [5.41, 5.74) is 1.70. The van der Waals surface area contributed by atoms with Crippen molar-refractivity contribution in [2.75, 3.05) is 11.8 Å². The van der Waals surface area contributed by atoms with Gasteiger partial charge in [0, 0.05) is 5.56 Å². The van der Waals surface area contributed by atoms with Gasteiger partial charge in [-0.15, -0.1) is 0 Å². The fourth-order valence-electron chi connectivity index (χ4n) is 2.33. The topological polar surface area (TPSA) is 72.5 Å². The van der Waals surface area contributed by atoms with E-state index in [0.29, 0.717) is 17.0 Å². The van der Waals surface area contributed by atoms with Crippen LogP contribution in [0.1, 0.15) is 43.6 Å². The number of rotatable bonds is 5. The molecule has 0 saturated heterocycles. The molecule has 6 heteroatoms. The summed E-state index contributed by atoms with van der Waals surface area (Å²) in [6.45, 7) is 7.58. The van der Waals surface area contributed by atoms with Crippen molar-refractivity contribution in [2.45, 2.75) is 38.0 Å². The number of benzene rings is 2. The molecule has 0 aliphatic heterocycles. The Bertz CT molecular complexity index is 879. The van der Waals surface area contributed by atoms with Gasteiger partial charge in [-0.2, -0.15) is 0 Å². The van der Waals surface area contributed by atoms with Crippen molar-refractivity contribution < 1.29 is 17.9 Å². The molecule has 134 valence electrons. The Kier molecular flexibility index (Phi) is 5.23. The quantitative estimate of drug-likeness (QED) is 0.817. The Labute approximate surface area is 149 Å². The average molecular weight is 361 g/mol. The van der Waals surface area contributed by atoms with Gasteiger partial charge in [0.15, 0.2) is 5.78 Å². The van der Waals surface area contributed by atoms with Crippen molar-refractivity contribution in [3.05, 3.63) is 53.6 Å². The third kappa shape index (κ3) is 4.39. The molecule has 2 rings (SSSR count). The largest absolute Gasteiger partial charge is 0.495 e. The summed E-state index contributed by atoms with van der Waals surface area (Å²) in [4.78, 5) is 11.4. The minimum atomic E-state index is -3.79. The molecular weight excluding hydrogens is 338 g/mol. The number of ketones is 1. The fraction of sp³-hybridized carbons (Fsp3) is 0.316. The van der Waals surface area contributed by atoms with Gasteiger partial charge < -0.3 is 4.74 Å². The van der Waals surface area contributed by atoms with Crippen molar-refractivity contribution in [2.24, 2.45) is 0 Å². The second-order valence-electron chi connectivity index (χ2n) is 6.85. The average Bonchev–Trinajstić information content (AvgIpc) is 2.53. The molecule has 0 bridgehead atoms. The molecule has 0 aliphatic carbocycles. The highest BCUT2D eigenvalue weighted by Gasteiger charge is 2.20. The highest BCUT2D eigenvalue weighted by molar-refractivity contribution is 7.92. The number of nitrogens with one attached hydrogen (secondary N) is 1. The lowest BCUT2D eigenvalue weighted by molar-refractivity contribution is 0.101. The van der Waals surface area contributed by atoms with Crippen molar-refractivity contribution in [3.8, 4) is 5.75 Å². The minimum absolute atomic E-state index is 0.0840. The van der Waals surface area contributed by atoms with E-state index in [2.05, 4.69) is 4.72 Å². The Morgan fingerprint density at radius 3 is 2.12 bits per heavy atom. The molecule has 1 N–H and O–H groups in total. The minimum Gasteiger partial charge on any atom is -0.495 e. The van der Waals surface area contributed by atoms with Crippen LogP contribution in [-0.4, -0.2) is 21.3 Å². The van der Waals surface area contributed by atoms with Crippen LogP contribution in [0, 0.1) is 0 Å². The molecule has 25 heavy (non-hydrogen) atoms. The molecule has 2 aromatic carbocycles. The maximum absolute atomic E-state index is 12.7. The van der Waals surface area contributed by atoms with Crippen LogP contribution < -0.4 is 9.46 Å². The number of ether oxygens (including phenoxy) is 1. The molecule has 0 atom stereocenters. The molecule has 0 aliphatic rings. The summed E-state index contributed by atoms with van der Waals surface area (Å²) in [6, 6.07) is 11.3. The summed E-state index contributed by atoms with van der Waals surface area (Å²) in [7, 11) is -2.30. The molecule has 0 unspecified atom stereocenters. The van der Waals surface area contributed by atoms with E-state index in [1.807, 2.05) is 26.8 Å². The number of anilines is 1. The highest BCUT2D eigenvalue weighted by atomic mass is 32.2. The van der Waals surface area contributed by atoms with E-state index in [1.165, 1.54) is 38.3 Å². The van der Waals surface area contributed by atoms with Gasteiger partial charge in [0.25, 0.3) is 10.0 Å². The Morgan fingerprint density at radius 2 is 1.64 bits per heavy atom. The number of Topliss-reactive ketones (excluding diaryl/α,β-unsaturated/α-hetero) is 1. The van der Waals surface area contributed by atoms with E-state index in [9.17, 15) is 13.2 Å². The van der Waals surface area contributed by atoms with Crippen LogP contribution in [0.3, 0.4) is 0 Å². The van der Waals surface area contributed by atoms with E-state index in [0.717, 1.165) is 5.56 Å². The molecular formula is C19H23NO4S. The molecule has 0 amide bonds. The number of hydrogen-bond donors (Lipinski definition) is 1. The van der Waals surface area contributed by atoms with Crippen LogP contribution in [-0.2, 0) is 15.4 Å². The zero-order chi connectivity index (χ0) is 18.8. The molecule has 0 spiro atoms. The van der Waals surface area contributed by atoms with Gasteiger partial charge in [0.2, 0.25) is 0 Å². The molecule has 0 aromatic heterocycles. The number of carbonyl (C=O) groups is 1. The van der Waals surface area contributed by atoms with Gasteiger partial charge in [-0.1, -0.05) is 39.0 Å². The van der Waals surface area contributed by atoms with E-state index in [-0.39, 0.29) is 16.1 Å². The Balaban J connectivity index is 2.41. The summed E-state index contributed by atoms with van der Waals surface area (Å²) < 4.78 is 33.2. The Morgan fingerprint density at radius 1 is 1.04 bits per heavy atom. The third-order valence-corrected chi connectivity index (χ3v) is 5.26. The highest BCUT2D eigenvalue weighted by Crippen LogP contribution is 2.32. The van der Waals surface area contributed by atoms with Crippen LogP contribution >= 0.6 is 0 Å². The fourth-order valence-corrected chi connectivity index (χ4v) is 3.39. The van der Waals surface area contributed by atoms with Gasteiger partial charge in [-0.05, 0) is 42.2 Å². The SMILES string of the molecule is COc1ccc(C(C)(C)C)cc1NS(=O)(=O)c1ccc(C(C)=O)cc1. The van der Waals surface area contributed by atoms with Gasteiger partial charge in [-0.3, -0.25) is 9.52 Å². The predicted molar refractivity (Wildman–Crippen MR) is 98.9 cm³/mol. The lowest BCUT2D eigenvalue weighted by Gasteiger charge is -2.21. The number of methoxy groups -OCH3 is 1. The first-order chi connectivity index (χ1) is 11.5. The zero-order valence-electron chi connectivity index (χ0n) is 15.1. The second-order valence-corrected chi connectivity index (χ2v) is 8.53. The zero-order valence-corrected chi connectivity index (χ0v) is 15.9. The van der Waals surface area contributed by atoms with Crippen LogP contribution in [0.2, 0.25) is 0 Å². The van der Waals surface area contributed by atoms with E-state index >= 15 is 0 Å². The lowest BCUT2D eigenvalue weighted by Crippen LogP contribution is -2.16. The van der Waals surface area contributed by atoms with E-state index in [4.69, 9.17) is 4.74 Å². The normalized spacial score (nSPS) is 11.9. The van der Waals surface area contributed by atoms with Crippen molar-refractivity contribution in [1.82, 2.24) is 0 Å². The monoisotopic (exact) mass is 361 g/mol. The summed E-state index contributed by atoms with van der Waals surface area (Å²) in [5.74, 6) is 0.327. The van der Waals surface area contributed by atoms with Crippen molar-refractivity contribution in [1.29, 1.82) is 0 Å². The van der Waals surface area contributed by atoms with Crippen molar-refractivity contribution >= 4 is 21.5 Å². The molecule has 0 saturated carbocycles. The number of hydrogen-bond acceptors (Lipinski definition) is 4. The molecule has 2 aromatic rings. The molecule has 0 heterocycles. The maximum atomic E-state index is 12.7. The molecule has 5 nitrogen and oxygen atoms in total. The molecule has 0 fully saturated rings. The predicted octanol–water partition coefficient (Wildman–Crippen LogP) is 4.00. The van der Waals surface area contributed by atoms with Crippen LogP contribution in [0.15, 0.2) is 47.4 Å². The number of sulfonamides is 1. The van der Waals surface area contributed by atoms with Crippen LogP contribution in [0.5, 0.6) is 5.75 Å². The van der Waals surface area contributed by atoms with E-state index < -0.39 is 10.0 Å². The third-order valence-electron chi connectivity index (χ3n) is 3.88. The van der Waals surface area contributed by atoms with Crippen molar-refractivity contribution in [3.63, 3.8) is 0 Å². The lowest BCUT2D eigenvalue weighted by atomic mass is 9.87. The summed E-state index contributed by atoms with van der Waals surface area (Å²) in [5, 5.41) is 0. The number of carbonyl (C=O) groups excluding carboxylic acids is 1. The first-order valence-corrected chi connectivity index (χ1v) is 9.35. The first kappa shape index (κ1) is 19.0. The maximum Gasteiger partial charge on any atom is 0.262 e. The van der Waals surface area contributed by atoms with Gasteiger partial charge in [0.05, 0.1) is 17.7 Å². The van der Waals surface area contributed by atoms with Crippen LogP contribution in [0.4, 0.5) is 5.69 Å². The van der Waals surface area contributed by atoms with Crippen LogP contribution in [0.25, 0.3) is 0 Å². The second kappa shape index (κ2) is 6.88. The molecule has 0 radical (unpaired) electrons. The van der Waals surface area contributed by atoms with Gasteiger partial charge in [0.1, 0.15) is 5.75 Å². The smallest absolute Gasteiger partial charge is 0.262 e.